The summed E-state index contributed by atoms with van der Waals surface area (Å²) in [7, 11) is 1.54. The molecule has 1 aliphatic rings. The third kappa shape index (κ3) is 5.11. The van der Waals surface area contributed by atoms with Gasteiger partial charge >= 0.3 is 0 Å². The van der Waals surface area contributed by atoms with Crippen LogP contribution in [0.15, 0.2) is 54.4 Å². The van der Waals surface area contributed by atoms with Crippen LogP contribution < -0.4 is 4.74 Å². The highest BCUT2D eigenvalue weighted by Crippen LogP contribution is 2.40. The van der Waals surface area contributed by atoms with Crippen LogP contribution in [0, 0.1) is 0 Å². The molecule has 1 atom stereocenters. The van der Waals surface area contributed by atoms with Gasteiger partial charge in [0.15, 0.2) is 0 Å². The van der Waals surface area contributed by atoms with Gasteiger partial charge < -0.3 is 19.5 Å². The standard InChI is InChI=1S/C24H28N2O5/c1-3-4-5-14-31-19-8-6-7-18(16-19)21-20(22(27)17-9-11-25-12-10-17)23(28)24(29)26(21)13-15-30-2/h6-12,16,21,27H,3-5,13-15H2,1-2H3. The molecule has 1 N–H and O–H groups in total. The molecule has 1 aromatic carbocycles. The highest BCUT2D eigenvalue weighted by Gasteiger charge is 2.45. The van der Waals surface area contributed by atoms with Crippen molar-refractivity contribution < 1.29 is 24.2 Å². The van der Waals surface area contributed by atoms with E-state index < -0.39 is 17.7 Å². The number of carbonyl (C=O) groups is 2. The van der Waals surface area contributed by atoms with E-state index in [1.807, 2.05) is 24.3 Å². The van der Waals surface area contributed by atoms with Gasteiger partial charge in [-0.25, -0.2) is 0 Å². The fraction of sp³-hybridized carbons (Fsp3) is 0.375. The number of benzene rings is 1. The number of aliphatic hydroxyl groups excluding tert-OH is 1. The van der Waals surface area contributed by atoms with E-state index in [0.717, 1.165) is 19.3 Å². The molecule has 3 rings (SSSR count). The van der Waals surface area contributed by atoms with Crippen molar-refractivity contribution in [3.63, 3.8) is 0 Å². The van der Waals surface area contributed by atoms with Crippen LogP contribution in [0.25, 0.3) is 5.76 Å². The molecule has 1 amide bonds. The van der Waals surface area contributed by atoms with E-state index >= 15 is 0 Å². The quantitative estimate of drug-likeness (QED) is 0.271. The molecule has 0 saturated carbocycles. The Morgan fingerprint density at radius 1 is 1.13 bits per heavy atom. The molecule has 164 valence electrons. The molecule has 2 heterocycles. The first-order chi connectivity index (χ1) is 15.1. The SMILES string of the molecule is CCCCCOc1cccc(C2C(=C(O)c3ccncc3)C(=O)C(=O)N2CCOC)c1. The Balaban J connectivity index is 2.01. The van der Waals surface area contributed by atoms with Crippen LogP contribution >= 0.6 is 0 Å². The molecular weight excluding hydrogens is 396 g/mol. The van der Waals surface area contributed by atoms with Crippen LogP contribution in [0.4, 0.5) is 0 Å². The van der Waals surface area contributed by atoms with Gasteiger partial charge in [0.2, 0.25) is 0 Å². The van der Waals surface area contributed by atoms with Crippen LogP contribution in [0.3, 0.4) is 0 Å². The second kappa shape index (κ2) is 10.7. The molecule has 7 heteroatoms. The summed E-state index contributed by atoms with van der Waals surface area (Å²) in [4.78, 5) is 31.1. The van der Waals surface area contributed by atoms with Crippen molar-refractivity contribution in [2.45, 2.75) is 32.2 Å². The number of hydrogen-bond acceptors (Lipinski definition) is 6. The maximum absolute atomic E-state index is 12.9. The van der Waals surface area contributed by atoms with Gasteiger partial charge in [-0.05, 0) is 36.2 Å². The molecule has 0 radical (unpaired) electrons. The minimum absolute atomic E-state index is 0.0513. The van der Waals surface area contributed by atoms with Crippen LogP contribution in [0.5, 0.6) is 5.75 Å². The number of hydrogen-bond donors (Lipinski definition) is 1. The summed E-state index contributed by atoms with van der Waals surface area (Å²) in [6.07, 6.45) is 6.19. The lowest BCUT2D eigenvalue weighted by Crippen LogP contribution is -2.32. The van der Waals surface area contributed by atoms with Gasteiger partial charge in [0.1, 0.15) is 11.5 Å². The number of amides is 1. The average molecular weight is 424 g/mol. The number of likely N-dealkylation sites (tertiary alicyclic amines) is 1. The number of carbonyl (C=O) groups excluding carboxylic acids is 2. The van der Waals surface area contributed by atoms with E-state index in [1.165, 1.54) is 24.4 Å². The monoisotopic (exact) mass is 424 g/mol. The van der Waals surface area contributed by atoms with Crippen molar-refractivity contribution in [1.82, 2.24) is 9.88 Å². The lowest BCUT2D eigenvalue weighted by Gasteiger charge is -2.25. The number of Topliss-reactive ketones (excluding diaryl/α,β-unsaturated/α-hetero) is 1. The van der Waals surface area contributed by atoms with Gasteiger partial charge in [-0.2, -0.15) is 0 Å². The zero-order valence-electron chi connectivity index (χ0n) is 17.9. The van der Waals surface area contributed by atoms with Gasteiger partial charge in [-0.15, -0.1) is 0 Å². The highest BCUT2D eigenvalue weighted by atomic mass is 16.5. The zero-order valence-corrected chi connectivity index (χ0v) is 17.9. The Hall–Kier alpha value is -3.19. The first-order valence-electron chi connectivity index (χ1n) is 10.5. The Labute approximate surface area is 182 Å². The Kier molecular flexibility index (Phi) is 7.78. The summed E-state index contributed by atoms with van der Waals surface area (Å²) in [6.45, 7) is 3.22. The van der Waals surface area contributed by atoms with Gasteiger partial charge in [-0.1, -0.05) is 31.9 Å². The van der Waals surface area contributed by atoms with E-state index in [1.54, 1.807) is 12.1 Å². The van der Waals surface area contributed by atoms with Crippen molar-refractivity contribution in [3.8, 4) is 5.75 Å². The minimum atomic E-state index is -0.734. The van der Waals surface area contributed by atoms with Gasteiger partial charge in [-0.3, -0.25) is 14.6 Å². The molecule has 1 fully saturated rings. The molecule has 31 heavy (non-hydrogen) atoms. The van der Waals surface area contributed by atoms with Gasteiger partial charge in [0.25, 0.3) is 11.7 Å². The van der Waals surface area contributed by atoms with E-state index in [4.69, 9.17) is 9.47 Å². The van der Waals surface area contributed by atoms with Crippen LogP contribution in [0.1, 0.15) is 43.4 Å². The molecule has 1 aromatic heterocycles. The molecule has 0 spiro atoms. The van der Waals surface area contributed by atoms with E-state index in [9.17, 15) is 14.7 Å². The summed E-state index contributed by atoms with van der Waals surface area (Å²) in [5.41, 5.74) is 1.17. The summed E-state index contributed by atoms with van der Waals surface area (Å²) in [6, 6.07) is 9.79. The molecule has 0 bridgehead atoms. The van der Waals surface area contributed by atoms with E-state index in [-0.39, 0.29) is 24.5 Å². The molecule has 1 unspecified atom stereocenters. The number of rotatable bonds is 10. The molecule has 0 aliphatic carbocycles. The fourth-order valence-corrected chi connectivity index (χ4v) is 3.63. The first kappa shape index (κ1) is 22.5. The predicted octanol–water partition coefficient (Wildman–Crippen LogP) is 3.72. The number of nitrogens with zero attached hydrogens (tertiary/aromatic N) is 2. The number of aliphatic hydroxyl groups is 1. The summed E-state index contributed by atoms with van der Waals surface area (Å²) in [5.74, 6) is -0.939. The lowest BCUT2D eigenvalue weighted by molar-refractivity contribution is -0.140. The zero-order chi connectivity index (χ0) is 22.2. The number of ketones is 1. The normalized spacial score (nSPS) is 17.9. The molecule has 1 aliphatic heterocycles. The van der Waals surface area contributed by atoms with Crippen molar-refractivity contribution in [2.75, 3.05) is 26.9 Å². The molecular formula is C24H28N2O5. The summed E-state index contributed by atoms with van der Waals surface area (Å²) >= 11 is 0. The Bertz CT molecular complexity index is 942. The summed E-state index contributed by atoms with van der Waals surface area (Å²) in [5, 5.41) is 10.9. The Morgan fingerprint density at radius 3 is 2.61 bits per heavy atom. The van der Waals surface area contributed by atoms with Crippen molar-refractivity contribution >= 4 is 17.4 Å². The van der Waals surface area contributed by atoms with Crippen molar-refractivity contribution in [1.29, 1.82) is 0 Å². The van der Waals surface area contributed by atoms with E-state index in [2.05, 4.69) is 11.9 Å². The minimum Gasteiger partial charge on any atom is -0.507 e. The van der Waals surface area contributed by atoms with E-state index in [0.29, 0.717) is 23.5 Å². The number of ether oxygens (including phenoxy) is 2. The average Bonchev–Trinajstić information content (AvgIpc) is 3.05. The van der Waals surface area contributed by atoms with Crippen molar-refractivity contribution in [3.05, 3.63) is 65.5 Å². The third-order valence-electron chi connectivity index (χ3n) is 5.22. The second-order valence-corrected chi connectivity index (χ2v) is 7.35. The fourth-order valence-electron chi connectivity index (χ4n) is 3.63. The maximum atomic E-state index is 12.9. The maximum Gasteiger partial charge on any atom is 0.295 e. The predicted molar refractivity (Wildman–Crippen MR) is 117 cm³/mol. The largest absolute Gasteiger partial charge is 0.507 e. The topological polar surface area (TPSA) is 89.0 Å². The van der Waals surface area contributed by atoms with Crippen LogP contribution in [-0.4, -0.2) is 53.5 Å². The summed E-state index contributed by atoms with van der Waals surface area (Å²) < 4.78 is 11.0. The smallest absolute Gasteiger partial charge is 0.295 e. The molecule has 2 aromatic rings. The lowest BCUT2D eigenvalue weighted by atomic mass is 9.95. The number of methoxy groups -OCH3 is 1. The molecule has 7 nitrogen and oxygen atoms in total. The first-order valence-corrected chi connectivity index (χ1v) is 10.5. The van der Waals surface area contributed by atoms with Crippen LogP contribution in [-0.2, 0) is 14.3 Å². The second-order valence-electron chi connectivity index (χ2n) is 7.35. The third-order valence-corrected chi connectivity index (χ3v) is 5.22. The number of pyridine rings is 1. The van der Waals surface area contributed by atoms with Gasteiger partial charge in [0, 0.05) is 31.6 Å². The van der Waals surface area contributed by atoms with Crippen LogP contribution in [0.2, 0.25) is 0 Å². The molecule has 1 saturated heterocycles. The number of unbranched alkanes of at least 4 members (excludes halogenated alkanes) is 2. The van der Waals surface area contributed by atoms with Crippen molar-refractivity contribution in [2.24, 2.45) is 0 Å². The number of aromatic nitrogens is 1. The highest BCUT2D eigenvalue weighted by molar-refractivity contribution is 6.46. The Morgan fingerprint density at radius 2 is 1.90 bits per heavy atom. The van der Waals surface area contributed by atoms with Gasteiger partial charge in [0.05, 0.1) is 24.8 Å².